The van der Waals surface area contributed by atoms with E-state index in [-0.39, 0.29) is 81.8 Å². The van der Waals surface area contributed by atoms with Crippen LogP contribution in [0, 0.1) is 23.7 Å². The number of carbonyl (C=O) groups is 4. The first-order chi connectivity index (χ1) is 21.8. The Hall–Kier alpha value is -3.20. The molecule has 0 aromatic rings. The summed E-state index contributed by atoms with van der Waals surface area (Å²) in [5.74, 6) is 11.0. The van der Waals surface area contributed by atoms with Crippen molar-refractivity contribution in [2.24, 2.45) is 0 Å². The lowest BCUT2D eigenvalue weighted by molar-refractivity contribution is -0.148. The van der Waals surface area contributed by atoms with Crippen molar-refractivity contribution in [2.45, 2.75) is 75.8 Å². The Morgan fingerprint density at radius 1 is 0.600 bits per heavy atom. The van der Waals surface area contributed by atoms with Crippen LogP contribution in [-0.4, -0.2) is 139 Å². The van der Waals surface area contributed by atoms with Gasteiger partial charge in [-0.2, -0.15) is 0 Å². The zero-order valence-corrected chi connectivity index (χ0v) is 27.0. The van der Waals surface area contributed by atoms with Gasteiger partial charge in [0.25, 0.3) is 0 Å². The molecule has 0 spiro atoms. The monoisotopic (exact) mass is 636 g/mol. The first kappa shape index (κ1) is 38.0. The predicted octanol–water partition coefficient (Wildman–Crippen LogP) is 0.961. The third-order valence-electron chi connectivity index (χ3n) is 7.34. The van der Waals surface area contributed by atoms with E-state index in [9.17, 15) is 19.2 Å². The molecule has 0 radical (unpaired) electrons. The van der Waals surface area contributed by atoms with E-state index < -0.39 is 12.1 Å². The smallest absolute Gasteiger partial charge is 0.306 e. The van der Waals surface area contributed by atoms with E-state index in [2.05, 4.69) is 23.7 Å². The van der Waals surface area contributed by atoms with Crippen LogP contribution in [0.1, 0.15) is 51.4 Å². The fraction of sp³-hybridized carbons (Fsp3) is 0.750. The quantitative estimate of drug-likeness (QED) is 0.121. The second-order valence-electron chi connectivity index (χ2n) is 10.4. The Morgan fingerprint density at radius 3 is 1.56 bits per heavy atom. The van der Waals surface area contributed by atoms with Gasteiger partial charge in [0.15, 0.2) is 0 Å². The van der Waals surface area contributed by atoms with Gasteiger partial charge in [-0.25, -0.2) is 0 Å². The highest BCUT2D eigenvalue weighted by Crippen LogP contribution is 2.13. The largest absolute Gasteiger partial charge is 0.463 e. The van der Waals surface area contributed by atoms with Gasteiger partial charge in [0, 0.05) is 73.6 Å². The summed E-state index contributed by atoms with van der Waals surface area (Å²) in [5.41, 5.74) is 0. The predicted molar refractivity (Wildman–Crippen MR) is 162 cm³/mol. The van der Waals surface area contributed by atoms with Crippen molar-refractivity contribution >= 4 is 23.8 Å². The van der Waals surface area contributed by atoms with E-state index in [4.69, 9.17) is 33.2 Å². The molecular formula is C32H48N2O11. The van der Waals surface area contributed by atoms with Crippen LogP contribution in [0.15, 0.2) is 0 Å². The van der Waals surface area contributed by atoms with Gasteiger partial charge >= 0.3 is 11.9 Å². The lowest BCUT2D eigenvalue weighted by Gasteiger charge is -2.30. The molecule has 0 unspecified atom stereocenters. The van der Waals surface area contributed by atoms with Gasteiger partial charge in [0.2, 0.25) is 11.8 Å². The van der Waals surface area contributed by atoms with Crippen molar-refractivity contribution in [2.75, 3.05) is 81.0 Å². The summed E-state index contributed by atoms with van der Waals surface area (Å²) in [6, 6.07) is 0. The molecule has 2 aliphatic rings. The zero-order chi connectivity index (χ0) is 32.9. The summed E-state index contributed by atoms with van der Waals surface area (Å²) < 4.78 is 37.3. The van der Waals surface area contributed by atoms with Gasteiger partial charge in [0.05, 0.1) is 32.7 Å². The zero-order valence-electron chi connectivity index (χ0n) is 27.0. The maximum atomic E-state index is 12.7. The van der Waals surface area contributed by atoms with E-state index in [0.29, 0.717) is 58.3 Å². The van der Waals surface area contributed by atoms with Crippen molar-refractivity contribution in [3.63, 3.8) is 0 Å². The van der Waals surface area contributed by atoms with E-state index in [1.54, 1.807) is 38.2 Å². The number of hydrogen-bond donors (Lipinski definition) is 0. The van der Waals surface area contributed by atoms with E-state index in [0.717, 1.165) is 0 Å². The van der Waals surface area contributed by atoms with Crippen LogP contribution in [0.5, 0.6) is 0 Å². The molecule has 252 valence electrons. The molecule has 2 aliphatic heterocycles. The number of rotatable bonds is 18. The highest BCUT2D eigenvalue weighted by Gasteiger charge is 2.27. The van der Waals surface area contributed by atoms with E-state index in [1.165, 1.54) is 0 Å². The molecule has 0 bridgehead atoms. The Bertz CT molecular complexity index is 1060. The van der Waals surface area contributed by atoms with Gasteiger partial charge in [0.1, 0.15) is 37.6 Å². The molecule has 2 amide bonds. The van der Waals surface area contributed by atoms with Crippen molar-refractivity contribution < 1.29 is 52.3 Å². The first-order valence-corrected chi connectivity index (χ1v) is 15.3. The molecule has 0 aromatic carbocycles. The number of nitrogens with zero attached hydrogens (tertiary/aromatic N) is 2. The molecule has 13 nitrogen and oxygen atoms in total. The highest BCUT2D eigenvalue weighted by molar-refractivity contribution is 5.81. The number of methoxy groups -OCH3 is 4. The Labute approximate surface area is 266 Å². The number of amides is 2. The Balaban J connectivity index is 1.50. The summed E-state index contributed by atoms with van der Waals surface area (Å²) in [7, 11) is 6.24. The molecule has 0 fully saturated rings. The average molecular weight is 637 g/mol. The molecule has 4 atom stereocenters. The normalized spacial score (nSPS) is 21.5. The lowest BCUT2D eigenvalue weighted by Crippen LogP contribution is -2.44. The molecule has 0 aliphatic carbocycles. The summed E-state index contributed by atoms with van der Waals surface area (Å²) in [4.78, 5) is 52.8. The van der Waals surface area contributed by atoms with Gasteiger partial charge in [-0.05, 0) is 12.8 Å². The third-order valence-corrected chi connectivity index (χ3v) is 7.34. The maximum Gasteiger partial charge on any atom is 0.306 e. The molecule has 13 heteroatoms. The molecule has 0 N–H and O–H groups in total. The summed E-state index contributed by atoms with van der Waals surface area (Å²) in [6.07, 6.45) is 1.15. The molecule has 2 rings (SSSR count). The summed E-state index contributed by atoms with van der Waals surface area (Å²) >= 11 is 0. The molecule has 45 heavy (non-hydrogen) atoms. The Morgan fingerprint density at radius 2 is 1.07 bits per heavy atom. The minimum atomic E-state index is -0.501. The highest BCUT2D eigenvalue weighted by atomic mass is 16.6. The minimum Gasteiger partial charge on any atom is -0.463 e. The second-order valence-corrected chi connectivity index (χ2v) is 10.4. The third kappa shape index (κ3) is 14.6. The fourth-order valence-electron chi connectivity index (χ4n) is 4.74. The maximum absolute atomic E-state index is 12.7. The lowest BCUT2D eigenvalue weighted by atomic mass is 10.1. The fourth-order valence-corrected chi connectivity index (χ4v) is 4.74. The van der Waals surface area contributed by atoms with Crippen LogP contribution in [0.25, 0.3) is 0 Å². The Kier molecular flexibility index (Phi) is 18.8. The van der Waals surface area contributed by atoms with Gasteiger partial charge in [-0.3, -0.25) is 19.2 Å². The van der Waals surface area contributed by atoms with Gasteiger partial charge in [-0.1, -0.05) is 23.7 Å². The van der Waals surface area contributed by atoms with Crippen LogP contribution in [0.2, 0.25) is 0 Å². The van der Waals surface area contributed by atoms with Crippen molar-refractivity contribution in [1.82, 2.24) is 9.80 Å². The van der Waals surface area contributed by atoms with Crippen LogP contribution in [0.4, 0.5) is 0 Å². The second kappa shape index (κ2) is 22.3. The molecule has 2 heterocycles. The van der Waals surface area contributed by atoms with Crippen LogP contribution in [0.3, 0.4) is 0 Å². The van der Waals surface area contributed by atoms with Crippen molar-refractivity contribution in [1.29, 1.82) is 0 Å². The first-order valence-electron chi connectivity index (χ1n) is 15.3. The van der Waals surface area contributed by atoms with Gasteiger partial charge < -0.3 is 43.0 Å². The average Bonchev–Trinajstić information content (AvgIpc) is 3.01. The number of esters is 2. The standard InChI is InChI=1S/C32H48N2O11/c1-39-25-11-7-9-17-33(23-27(25)41-3)29(35)13-5-6-14-31(37)44-21-19-43-20-22-45-32(38)16-15-30(36)34-18-10-8-12-26(40-2)28(24-34)42-4/h25-28H,5-6,9-10,13-24H2,1-4H3/t25-,26-,27-,28-/m0/s1. The SMILES string of the molecule is CO[C@H]1C#CCCN(C(=O)CCCCC(=O)OCCOCCOC(=O)CCC(=O)N2CCC#C[C@H](OC)[C@@H](OC)C2)C[C@@H]1OC. The molecule has 0 saturated heterocycles. The molecule has 0 saturated carbocycles. The number of hydrogen-bond acceptors (Lipinski definition) is 11. The van der Waals surface area contributed by atoms with Gasteiger partial charge in [-0.15, -0.1) is 0 Å². The number of ether oxygens (including phenoxy) is 7. The number of carbonyl (C=O) groups excluding carboxylic acids is 4. The van der Waals surface area contributed by atoms with Crippen LogP contribution >= 0.6 is 0 Å². The van der Waals surface area contributed by atoms with E-state index >= 15 is 0 Å². The van der Waals surface area contributed by atoms with E-state index in [1.807, 2.05) is 0 Å². The van der Waals surface area contributed by atoms with Crippen LogP contribution in [-0.2, 0) is 52.3 Å². The topological polar surface area (TPSA) is 139 Å². The van der Waals surface area contributed by atoms with Crippen molar-refractivity contribution in [3.8, 4) is 23.7 Å². The van der Waals surface area contributed by atoms with Crippen molar-refractivity contribution in [3.05, 3.63) is 0 Å². The molecule has 0 aromatic heterocycles. The van der Waals surface area contributed by atoms with Crippen LogP contribution < -0.4 is 0 Å². The summed E-state index contributed by atoms with van der Waals surface area (Å²) in [5, 5.41) is 0. The number of unbranched alkanes of at least 4 members (excludes halogenated alkanes) is 1. The minimum absolute atomic E-state index is 0.00590. The summed E-state index contributed by atoms with van der Waals surface area (Å²) in [6.45, 7) is 2.11. The molecular weight excluding hydrogens is 588 g/mol.